The number of rotatable bonds is 5. The van der Waals surface area contributed by atoms with Crippen molar-refractivity contribution in [1.82, 2.24) is 0 Å². The number of ether oxygens (including phenoxy) is 3. The quantitative estimate of drug-likeness (QED) is 0.495. The fraction of sp³-hybridized carbons (Fsp3) is 0.333. The molecule has 0 aromatic heterocycles. The van der Waals surface area contributed by atoms with E-state index in [1.54, 1.807) is 0 Å². The first-order valence-corrected chi connectivity index (χ1v) is 4.48. The summed E-state index contributed by atoms with van der Waals surface area (Å²) < 4.78 is 51.9. The summed E-state index contributed by atoms with van der Waals surface area (Å²) in [5, 5.41) is 0. The maximum absolute atomic E-state index is 12.5. The SMILES string of the molecule is COCOc1ccc([B-](F)(F)F)c(OC)c1.[K+]. The van der Waals surface area contributed by atoms with Crippen LogP contribution < -0.4 is 66.3 Å². The third-order valence-electron chi connectivity index (χ3n) is 1.90. The molecule has 0 heterocycles. The van der Waals surface area contributed by atoms with E-state index < -0.39 is 12.4 Å². The van der Waals surface area contributed by atoms with Gasteiger partial charge in [0, 0.05) is 13.2 Å². The van der Waals surface area contributed by atoms with Crippen molar-refractivity contribution >= 4 is 12.4 Å². The van der Waals surface area contributed by atoms with Gasteiger partial charge in [0.05, 0.1) is 12.9 Å². The normalized spacial score (nSPS) is 10.6. The second-order valence-electron chi connectivity index (χ2n) is 3.03. The maximum atomic E-state index is 12.5. The van der Waals surface area contributed by atoms with Crippen LogP contribution in [0.3, 0.4) is 0 Å². The van der Waals surface area contributed by atoms with Gasteiger partial charge in [-0.05, 0) is 6.07 Å². The molecule has 0 saturated carbocycles. The Morgan fingerprint density at radius 2 is 1.82 bits per heavy atom. The van der Waals surface area contributed by atoms with Crippen molar-refractivity contribution in [1.29, 1.82) is 0 Å². The zero-order chi connectivity index (χ0) is 12.2. The van der Waals surface area contributed by atoms with Gasteiger partial charge in [-0.1, -0.05) is 11.5 Å². The molecule has 0 aliphatic heterocycles. The van der Waals surface area contributed by atoms with Gasteiger partial charge in [-0.15, -0.1) is 0 Å². The molecule has 1 aromatic carbocycles. The molecule has 0 fully saturated rings. The average Bonchev–Trinajstić information content (AvgIpc) is 2.24. The van der Waals surface area contributed by atoms with E-state index in [4.69, 9.17) is 4.74 Å². The van der Waals surface area contributed by atoms with Crippen LogP contribution in [0.4, 0.5) is 12.9 Å². The van der Waals surface area contributed by atoms with Crippen LogP contribution in [-0.4, -0.2) is 28.0 Å². The van der Waals surface area contributed by atoms with Crippen molar-refractivity contribution < 1.29 is 78.5 Å². The second kappa shape index (κ2) is 7.65. The van der Waals surface area contributed by atoms with E-state index in [0.29, 0.717) is 0 Å². The van der Waals surface area contributed by atoms with Gasteiger partial charge in [0.25, 0.3) is 0 Å². The Morgan fingerprint density at radius 1 is 1.18 bits per heavy atom. The predicted molar refractivity (Wildman–Crippen MR) is 54.2 cm³/mol. The van der Waals surface area contributed by atoms with Crippen molar-refractivity contribution in [3.8, 4) is 11.5 Å². The average molecular weight is 274 g/mol. The van der Waals surface area contributed by atoms with Crippen LogP contribution in [0.1, 0.15) is 0 Å². The van der Waals surface area contributed by atoms with Gasteiger partial charge in [0.2, 0.25) is 0 Å². The van der Waals surface area contributed by atoms with E-state index >= 15 is 0 Å². The fourth-order valence-electron chi connectivity index (χ4n) is 1.18. The van der Waals surface area contributed by atoms with Crippen LogP contribution in [-0.2, 0) is 4.74 Å². The zero-order valence-corrected chi connectivity index (χ0v) is 13.0. The van der Waals surface area contributed by atoms with Crippen molar-refractivity contribution in [2.24, 2.45) is 0 Å². The number of hydrogen-bond donors (Lipinski definition) is 0. The first-order chi connectivity index (χ1) is 7.49. The minimum Gasteiger partial charge on any atom is -0.500 e. The number of halogens is 3. The molecule has 0 radical (unpaired) electrons. The summed E-state index contributed by atoms with van der Waals surface area (Å²) in [6.07, 6.45) is 0. The van der Waals surface area contributed by atoms with Gasteiger partial charge < -0.3 is 27.2 Å². The Morgan fingerprint density at radius 3 is 2.29 bits per heavy atom. The summed E-state index contributed by atoms with van der Waals surface area (Å²) in [4.78, 5) is 0. The number of benzene rings is 1. The zero-order valence-electron chi connectivity index (χ0n) is 9.88. The Balaban J connectivity index is 0.00000256. The largest absolute Gasteiger partial charge is 1.00 e. The topological polar surface area (TPSA) is 27.7 Å². The Kier molecular flexibility index (Phi) is 7.77. The molecule has 0 N–H and O–H groups in total. The first kappa shape index (κ1) is 17.3. The summed E-state index contributed by atoms with van der Waals surface area (Å²) in [5.74, 6) is 0.0172. The third kappa shape index (κ3) is 5.19. The van der Waals surface area contributed by atoms with Gasteiger partial charge in [0.1, 0.15) is 5.75 Å². The third-order valence-corrected chi connectivity index (χ3v) is 1.90. The number of methoxy groups -OCH3 is 2. The smallest absolute Gasteiger partial charge is 0.500 e. The van der Waals surface area contributed by atoms with Gasteiger partial charge in [0.15, 0.2) is 6.79 Å². The van der Waals surface area contributed by atoms with Crippen molar-refractivity contribution in [3.63, 3.8) is 0 Å². The molecule has 8 heteroatoms. The molecule has 0 aliphatic carbocycles. The first-order valence-electron chi connectivity index (χ1n) is 4.48. The molecular weight excluding hydrogens is 263 g/mol. The molecular formula is C9H11BF3KO3. The minimum atomic E-state index is -5.08. The maximum Gasteiger partial charge on any atom is 1.00 e. The molecule has 0 atom stereocenters. The van der Waals surface area contributed by atoms with Gasteiger partial charge in [-0.2, -0.15) is 0 Å². The van der Waals surface area contributed by atoms with Gasteiger partial charge >= 0.3 is 58.4 Å². The molecule has 1 aromatic rings. The van der Waals surface area contributed by atoms with Crippen LogP contribution >= 0.6 is 0 Å². The summed E-state index contributed by atoms with van der Waals surface area (Å²) in [7, 11) is 2.60. The monoisotopic (exact) mass is 274 g/mol. The van der Waals surface area contributed by atoms with E-state index in [2.05, 4.69) is 9.47 Å². The Labute approximate surface area is 140 Å². The van der Waals surface area contributed by atoms with E-state index in [1.807, 2.05) is 0 Å². The van der Waals surface area contributed by atoms with Crippen molar-refractivity contribution in [2.45, 2.75) is 0 Å². The van der Waals surface area contributed by atoms with E-state index in [-0.39, 0.29) is 69.7 Å². The Hall–Kier alpha value is 0.271. The second-order valence-corrected chi connectivity index (χ2v) is 3.03. The molecule has 0 bridgehead atoms. The molecule has 90 valence electrons. The molecule has 1 rings (SSSR count). The summed E-state index contributed by atoms with van der Waals surface area (Å²) in [6, 6.07) is 3.35. The van der Waals surface area contributed by atoms with Crippen LogP contribution in [0.2, 0.25) is 0 Å². The minimum absolute atomic E-state index is 0. The molecule has 0 spiro atoms. The van der Waals surface area contributed by atoms with Crippen molar-refractivity contribution in [2.75, 3.05) is 21.0 Å². The van der Waals surface area contributed by atoms with Crippen LogP contribution in [0, 0.1) is 0 Å². The molecule has 0 saturated heterocycles. The van der Waals surface area contributed by atoms with Crippen LogP contribution in [0.25, 0.3) is 0 Å². The summed E-state index contributed by atoms with van der Waals surface area (Å²) in [5.41, 5.74) is -0.771. The summed E-state index contributed by atoms with van der Waals surface area (Å²) >= 11 is 0. The van der Waals surface area contributed by atoms with E-state index in [9.17, 15) is 12.9 Å². The summed E-state index contributed by atoms with van der Waals surface area (Å²) in [6.45, 7) is -5.11. The van der Waals surface area contributed by atoms with E-state index in [0.717, 1.165) is 6.07 Å². The Bertz CT molecular complexity index is 360. The van der Waals surface area contributed by atoms with Crippen molar-refractivity contribution in [3.05, 3.63) is 18.2 Å². The van der Waals surface area contributed by atoms with Crippen LogP contribution in [0.5, 0.6) is 11.5 Å². The fourth-order valence-corrected chi connectivity index (χ4v) is 1.18. The number of hydrogen-bond acceptors (Lipinski definition) is 3. The molecule has 0 unspecified atom stereocenters. The van der Waals surface area contributed by atoms with Gasteiger partial charge in [-0.25, -0.2) is 0 Å². The predicted octanol–water partition coefficient (Wildman–Crippen LogP) is -1.26. The van der Waals surface area contributed by atoms with Gasteiger partial charge in [-0.3, -0.25) is 0 Å². The van der Waals surface area contributed by atoms with Crippen LogP contribution in [0.15, 0.2) is 18.2 Å². The molecule has 17 heavy (non-hydrogen) atoms. The molecule has 0 amide bonds. The molecule has 0 aliphatic rings. The van der Waals surface area contributed by atoms with E-state index in [1.165, 1.54) is 26.4 Å². The standard InChI is InChI=1S/C9H11BF3O3.K/c1-14-6-16-7-3-4-8(10(11,12)13)9(5-7)15-2;/h3-5H,6H2,1-2H3;/q-1;+1. The molecule has 3 nitrogen and oxygen atoms in total.